The highest BCUT2D eigenvalue weighted by Gasteiger charge is 2.25. The van der Waals surface area contributed by atoms with Crippen LogP contribution in [0.4, 0.5) is 5.82 Å². The summed E-state index contributed by atoms with van der Waals surface area (Å²) in [5.74, 6) is 0.693. The maximum Gasteiger partial charge on any atom is 0.242 e. The Balaban J connectivity index is 2.82. The molecule has 1 aromatic rings. The lowest BCUT2D eigenvalue weighted by molar-refractivity contribution is 0.417. The zero-order chi connectivity index (χ0) is 15.2. The standard InChI is InChI=1S/C14H25N3O2S/c1-5-9-14(3,4)17-20(18,19)12-7-8-13(16-11-12)15-10-6-2/h7-8,11,17H,5-6,9-10H2,1-4H3,(H,15,16). The van der Waals surface area contributed by atoms with Gasteiger partial charge in [0.2, 0.25) is 10.0 Å². The first-order valence-electron chi connectivity index (χ1n) is 7.04. The van der Waals surface area contributed by atoms with E-state index in [1.807, 2.05) is 20.8 Å². The SMILES string of the molecule is CCCNc1ccc(S(=O)(=O)NC(C)(C)CCC)cn1. The van der Waals surface area contributed by atoms with Gasteiger partial charge in [-0.05, 0) is 38.8 Å². The number of aromatic nitrogens is 1. The summed E-state index contributed by atoms with van der Waals surface area (Å²) in [5, 5.41) is 3.12. The van der Waals surface area contributed by atoms with Crippen LogP contribution in [0.2, 0.25) is 0 Å². The fraction of sp³-hybridized carbons (Fsp3) is 0.643. The molecule has 114 valence electrons. The van der Waals surface area contributed by atoms with Crippen LogP contribution in [0.5, 0.6) is 0 Å². The minimum atomic E-state index is -3.52. The van der Waals surface area contributed by atoms with E-state index in [0.717, 1.165) is 25.8 Å². The van der Waals surface area contributed by atoms with Crippen LogP contribution in [-0.2, 0) is 10.0 Å². The molecule has 5 nitrogen and oxygen atoms in total. The third-order valence-electron chi connectivity index (χ3n) is 2.89. The fourth-order valence-corrected chi connectivity index (χ4v) is 3.38. The van der Waals surface area contributed by atoms with Crippen LogP contribution in [0.1, 0.15) is 47.0 Å². The molecule has 0 atom stereocenters. The lowest BCUT2D eigenvalue weighted by Crippen LogP contribution is -2.43. The summed E-state index contributed by atoms with van der Waals surface area (Å²) < 4.78 is 27.3. The molecular formula is C14H25N3O2S. The summed E-state index contributed by atoms with van der Waals surface area (Å²) in [7, 11) is -3.52. The Morgan fingerprint density at radius 3 is 2.40 bits per heavy atom. The molecule has 0 unspecified atom stereocenters. The maximum absolute atomic E-state index is 12.3. The van der Waals surface area contributed by atoms with Gasteiger partial charge in [0.15, 0.2) is 0 Å². The van der Waals surface area contributed by atoms with Crippen molar-refractivity contribution >= 4 is 15.8 Å². The van der Waals surface area contributed by atoms with Crippen LogP contribution in [0, 0.1) is 0 Å². The fourth-order valence-electron chi connectivity index (χ4n) is 2.00. The van der Waals surface area contributed by atoms with Gasteiger partial charge in [0, 0.05) is 18.3 Å². The number of pyridine rings is 1. The average molecular weight is 299 g/mol. The summed E-state index contributed by atoms with van der Waals surface area (Å²) in [6, 6.07) is 3.27. The van der Waals surface area contributed by atoms with Gasteiger partial charge in [0.1, 0.15) is 10.7 Å². The second-order valence-corrected chi connectivity index (χ2v) is 7.23. The van der Waals surface area contributed by atoms with E-state index in [1.54, 1.807) is 12.1 Å². The van der Waals surface area contributed by atoms with Crippen molar-refractivity contribution in [3.63, 3.8) is 0 Å². The molecule has 0 aromatic carbocycles. The Labute approximate surface area is 122 Å². The van der Waals surface area contributed by atoms with E-state index >= 15 is 0 Å². The van der Waals surface area contributed by atoms with E-state index in [1.165, 1.54) is 6.20 Å². The molecule has 1 rings (SSSR count). The highest BCUT2D eigenvalue weighted by molar-refractivity contribution is 7.89. The van der Waals surface area contributed by atoms with Crippen molar-refractivity contribution in [1.82, 2.24) is 9.71 Å². The first-order chi connectivity index (χ1) is 9.30. The van der Waals surface area contributed by atoms with Gasteiger partial charge < -0.3 is 5.32 Å². The molecule has 0 spiro atoms. The first-order valence-corrected chi connectivity index (χ1v) is 8.53. The lowest BCUT2D eigenvalue weighted by Gasteiger charge is -2.25. The Morgan fingerprint density at radius 2 is 1.90 bits per heavy atom. The molecule has 0 aliphatic carbocycles. The summed E-state index contributed by atoms with van der Waals surface area (Å²) in [5.41, 5.74) is -0.452. The van der Waals surface area contributed by atoms with Crippen LogP contribution in [0.15, 0.2) is 23.2 Å². The molecule has 0 saturated heterocycles. The summed E-state index contributed by atoms with van der Waals surface area (Å²) in [6.45, 7) is 8.69. The smallest absolute Gasteiger partial charge is 0.242 e. The van der Waals surface area contributed by atoms with Gasteiger partial charge in [-0.1, -0.05) is 20.3 Å². The van der Waals surface area contributed by atoms with Crippen molar-refractivity contribution in [2.24, 2.45) is 0 Å². The molecule has 0 saturated carbocycles. The lowest BCUT2D eigenvalue weighted by atomic mass is 10.0. The third-order valence-corrected chi connectivity index (χ3v) is 4.57. The molecule has 2 N–H and O–H groups in total. The quantitative estimate of drug-likeness (QED) is 0.774. The van der Waals surface area contributed by atoms with Crippen LogP contribution in [-0.4, -0.2) is 25.5 Å². The minimum Gasteiger partial charge on any atom is -0.370 e. The Hall–Kier alpha value is -1.14. The van der Waals surface area contributed by atoms with Gasteiger partial charge in [-0.15, -0.1) is 0 Å². The van der Waals surface area contributed by atoms with Crippen LogP contribution in [0.3, 0.4) is 0 Å². The number of anilines is 1. The average Bonchev–Trinajstić information content (AvgIpc) is 2.35. The molecule has 0 bridgehead atoms. The van der Waals surface area contributed by atoms with Gasteiger partial charge in [-0.3, -0.25) is 0 Å². The Kier molecular flexibility index (Phi) is 5.95. The molecule has 6 heteroatoms. The summed E-state index contributed by atoms with van der Waals surface area (Å²) in [4.78, 5) is 4.33. The largest absolute Gasteiger partial charge is 0.370 e. The molecule has 0 amide bonds. The number of nitrogens with one attached hydrogen (secondary N) is 2. The Bertz CT molecular complexity index is 510. The molecule has 0 aliphatic heterocycles. The van der Waals surface area contributed by atoms with E-state index in [2.05, 4.69) is 21.9 Å². The maximum atomic E-state index is 12.3. The van der Waals surface area contributed by atoms with Gasteiger partial charge >= 0.3 is 0 Å². The molecule has 0 aliphatic rings. The van der Waals surface area contributed by atoms with Crippen molar-refractivity contribution in [1.29, 1.82) is 0 Å². The first kappa shape index (κ1) is 16.9. The van der Waals surface area contributed by atoms with E-state index in [0.29, 0.717) is 5.82 Å². The predicted molar refractivity (Wildman–Crippen MR) is 82.3 cm³/mol. The molecule has 0 radical (unpaired) electrons. The number of hydrogen-bond acceptors (Lipinski definition) is 4. The van der Waals surface area contributed by atoms with Crippen LogP contribution in [0.25, 0.3) is 0 Å². The van der Waals surface area contributed by atoms with Crippen molar-refractivity contribution in [2.75, 3.05) is 11.9 Å². The van der Waals surface area contributed by atoms with E-state index < -0.39 is 15.6 Å². The molecule has 0 fully saturated rings. The zero-order valence-electron chi connectivity index (χ0n) is 12.7. The number of rotatable bonds is 8. The highest BCUT2D eigenvalue weighted by Crippen LogP contribution is 2.17. The second-order valence-electron chi connectivity index (χ2n) is 5.55. The van der Waals surface area contributed by atoms with Crippen LogP contribution >= 0.6 is 0 Å². The normalized spacial score (nSPS) is 12.4. The molecular weight excluding hydrogens is 274 g/mol. The predicted octanol–water partition coefficient (Wildman–Crippen LogP) is 2.76. The minimum absolute atomic E-state index is 0.198. The van der Waals surface area contributed by atoms with E-state index in [-0.39, 0.29) is 4.90 Å². The van der Waals surface area contributed by atoms with Crippen molar-refractivity contribution in [3.05, 3.63) is 18.3 Å². The van der Waals surface area contributed by atoms with E-state index in [4.69, 9.17) is 0 Å². The number of hydrogen-bond donors (Lipinski definition) is 2. The van der Waals surface area contributed by atoms with Crippen molar-refractivity contribution < 1.29 is 8.42 Å². The van der Waals surface area contributed by atoms with Gasteiger partial charge in [0.05, 0.1) is 0 Å². The second kappa shape index (κ2) is 7.04. The highest BCUT2D eigenvalue weighted by atomic mass is 32.2. The topological polar surface area (TPSA) is 71.1 Å². The molecule has 1 heterocycles. The van der Waals surface area contributed by atoms with Crippen LogP contribution < -0.4 is 10.0 Å². The molecule has 1 aromatic heterocycles. The number of sulfonamides is 1. The van der Waals surface area contributed by atoms with Gasteiger partial charge in [-0.2, -0.15) is 0 Å². The van der Waals surface area contributed by atoms with Crippen molar-refractivity contribution in [2.45, 2.75) is 57.4 Å². The molecule has 20 heavy (non-hydrogen) atoms. The monoisotopic (exact) mass is 299 g/mol. The summed E-state index contributed by atoms with van der Waals surface area (Å²) in [6.07, 6.45) is 4.10. The number of nitrogens with zero attached hydrogens (tertiary/aromatic N) is 1. The Morgan fingerprint density at radius 1 is 1.20 bits per heavy atom. The summed E-state index contributed by atoms with van der Waals surface area (Å²) >= 11 is 0. The third kappa shape index (κ3) is 5.09. The zero-order valence-corrected chi connectivity index (χ0v) is 13.5. The van der Waals surface area contributed by atoms with Gasteiger partial charge in [-0.25, -0.2) is 18.1 Å². The van der Waals surface area contributed by atoms with Gasteiger partial charge in [0.25, 0.3) is 0 Å². The van der Waals surface area contributed by atoms with E-state index in [9.17, 15) is 8.42 Å². The van der Waals surface area contributed by atoms with Crippen molar-refractivity contribution in [3.8, 4) is 0 Å².